The van der Waals surface area contributed by atoms with Crippen molar-refractivity contribution >= 4 is 34.3 Å². The maximum atomic E-state index is 6.31. The van der Waals surface area contributed by atoms with Gasteiger partial charge in [0.05, 0.1) is 10.7 Å². The number of nitrogens with zero attached hydrogens (tertiary/aromatic N) is 7. The van der Waals surface area contributed by atoms with Crippen LogP contribution in [0.2, 0.25) is 5.02 Å². The van der Waals surface area contributed by atoms with E-state index in [2.05, 4.69) is 36.1 Å². The van der Waals surface area contributed by atoms with Gasteiger partial charge in [-0.1, -0.05) is 28.9 Å². The Morgan fingerprint density at radius 3 is 2.54 bits per heavy atom. The van der Waals surface area contributed by atoms with Crippen molar-refractivity contribution in [2.24, 2.45) is 0 Å². The summed E-state index contributed by atoms with van der Waals surface area (Å²) in [5.74, 6) is 0.860. The zero-order valence-electron chi connectivity index (χ0n) is 13.4. The highest BCUT2D eigenvalue weighted by Gasteiger charge is 2.23. The second kappa shape index (κ2) is 6.24. The largest absolute Gasteiger partial charge is 0.367 e. The van der Waals surface area contributed by atoms with Gasteiger partial charge in [-0.25, -0.2) is 14.6 Å². The fourth-order valence-electron chi connectivity index (χ4n) is 3.09. The van der Waals surface area contributed by atoms with Gasteiger partial charge < -0.3 is 9.80 Å². The molecular formula is C16H18ClN7. The molecule has 0 amide bonds. The zero-order valence-corrected chi connectivity index (χ0v) is 14.2. The summed E-state index contributed by atoms with van der Waals surface area (Å²) in [7, 11) is 0. The number of benzene rings is 1. The van der Waals surface area contributed by atoms with Crippen molar-refractivity contribution < 1.29 is 0 Å². The highest BCUT2D eigenvalue weighted by molar-refractivity contribution is 6.33. The van der Waals surface area contributed by atoms with E-state index in [1.165, 1.54) is 0 Å². The van der Waals surface area contributed by atoms with Crippen molar-refractivity contribution in [1.82, 2.24) is 25.0 Å². The van der Waals surface area contributed by atoms with Gasteiger partial charge in [-0.3, -0.25) is 0 Å². The molecule has 0 spiro atoms. The van der Waals surface area contributed by atoms with Crippen molar-refractivity contribution in [3.8, 4) is 0 Å². The van der Waals surface area contributed by atoms with E-state index in [9.17, 15) is 0 Å². The summed E-state index contributed by atoms with van der Waals surface area (Å²) in [5, 5.41) is 9.21. The highest BCUT2D eigenvalue weighted by atomic mass is 35.5. The monoisotopic (exact) mass is 343 g/mol. The third-order valence-corrected chi connectivity index (χ3v) is 4.67. The van der Waals surface area contributed by atoms with Gasteiger partial charge in [0.15, 0.2) is 17.0 Å². The van der Waals surface area contributed by atoms with E-state index < -0.39 is 0 Å². The standard InChI is InChI=1S/C16H18ClN7/c1-2-24-16-14(20-21-24)15(18-11-19-16)23-9-7-22(8-10-23)13-6-4-3-5-12(13)17/h3-6,11H,2,7-10H2,1H3. The second-order valence-corrected chi connectivity index (χ2v) is 6.11. The lowest BCUT2D eigenvalue weighted by Gasteiger charge is -2.36. The molecule has 1 aliphatic heterocycles. The van der Waals surface area contributed by atoms with Crippen molar-refractivity contribution in [3.05, 3.63) is 35.6 Å². The number of aryl methyl sites for hydroxylation is 1. The predicted octanol–water partition coefficient (Wildman–Crippen LogP) is 2.22. The molecule has 0 aliphatic carbocycles. The molecule has 0 atom stereocenters. The SMILES string of the molecule is CCn1nnc2c(N3CCN(c4ccccc4Cl)CC3)ncnc21. The smallest absolute Gasteiger partial charge is 0.183 e. The lowest BCUT2D eigenvalue weighted by Crippen LogP contribution is -2.47. The molecule has 1 aromatic carbocycles. The van der Waals surface area contributed by atoms with Crippen molar-refractivity contribution in [2.75, 3.05) is 36.0 Å². The Labute approximate surface area is 144 Å². The van der Waals surface area contributed by atoms with Crippen LogP contribution in [0.15, 0.2) is 30.6 Å². The van der Waals surface area contributed by atoms with Gasteiger partial charge >= 0.3 is 0 Å². The lowest BCUT2D eigenvalue weighted by atomic mass is 10.2. The van der Waals surface area contributed by atoms with Gasteiger partial charge in [-0.05, 0) is 19.1 Å². The number of para-hydroxylation sites is 1. The highest BCUT2D eigenvalue weighted by Crippen LogP contribution is 2.28. The van der Waals surface area contributed by atoms with Crippen molar-refractivity contribution in [1.29, 1.82) is 0 Å². The molecule has 1 aliphatic rings. The Hall–Kier alpha value is -2.41. The quantitative estimate of drug-likeness (QED) is 0.726. The molecule has 3 aromatic rings. The fraction of sp³-hybridized carbons (Fsp3) is 0.375. The molecule has 4 rings (SSSR count). The molecule has 0 radical (unpaired) electrons. The third kappa shape index (κ3) is 2.54. The molecule has 1 saturated heterocycles. The van der Waals surface area contributed by atoms with Gasteiger partial charge in [0, 0.05) is 32.7 Å². The average molecular weight is 344 g/mol. The molecule has 0 unspecified atom stereocenters. The number of aromatic nitrogens is 5. The number of hydrogen-bond donors (Lipinski definition) is 0. The van der Waals surface area contributed by atoms with Crippen LogP contribution >= 0.6 is 11.6 Å². The Morgan fingerprint density at radius 2 is 1.79 bits per heavy atom. The van der Waals surface area contributed by atoms with E-state index in [-0.39, 0.29) is 0 Å². The number of rotatable bonds is 3. The van der Waals surface area contributed by atoms with Gasteiger partial charge in [0.25, 0.3) is 0 Å². The topological polar surface area (TPSA) is 63.0 Å². The van der Waals surface area contributed by atoms with Gasteiger partial charge in [-0.15, -0.1) is 5.10 Å². The number of piperazine rings is 1. The van der Waals surface area contributed by atoms with E-state index >= 15 is 0 Å². The molecule has 0 N–H and O–H groups in total. The Balaban J connectivity index is 1.56. The second-order valence-electron chi connectivity index (χ2n) is 5.70. The average Bonchev–Trinajstić information content (AvgIpc) is 3.05. The summed E-state index contributed by atoms with van der Waals surface area (Å²) < 4.78 is 1.79. The minimum absolute atomic E-state index is 0.743. The van der Waals surface area contributed by atoms with E-state index in [0.29, 0.717) is 0 Å². The third-order valence-electron chi connectivity index (χ3n) is 4.35. The molecule has 3 heterocycles. The first-order chi connectivity index (χ1) is 11.8. The van der Waals surface area contributed by atoms with E-state index in [4.69, 9.17) is 11.6 Å². The molecule has 0 bridgehead atoms. The summed E-state index contributed by atoms with van der Waals surface area (Å²) >= 11 is 6.31. The number of fused-ring (bicyclic) bond motifs is 1. The van der Waals surface area contributed by atoms with Gasteiger partial charge in [-0.2, -0.15) is 0 Å². The van der Waals surface area contributed by atoms with Gasteiger partial charge in [0.2, 0.25) is 0 Å². The van der Waals surface area contributed by atoms with Crippen molar-refractivity contribution in [3.63, 3.8) is 0 Å². The summed E-state index contributed by atoms with van der Waals surface area (Å²) in [5.41, 5.74) is 2.64. The molecule has 0 saturated carbocycles. The number of anilines is 2. The van der Waals surface area contributed by atoms with Crippen LogP contribution in [0.3, 0.4) is 0 Å². The molecule has 124 valence electrons. The first-order valence-corrected chi connectivity index (χ1v) is 8.44. The van der Waals surface area contributed by atoms with Crippen LogP contribution in [0.1, 0.15) is 6.92 Å². The lowest BCUT2D eigenvalue weighted by molar-refractivity contribution is 0.641. The molecule has 7 nitrogen and oxygen atoms in total. The van der Waals surface area contributed by atoms with E-state index in [0.717, 1.165) is 60.4 Å². The van der Waals surface area contributed by atoms with Crippen LogP contribution in [-0.2, 0) is 6.54 Å². The maximum absolute atomic E-state index is 6.31. The summed E-state index contributed by atoms with van der Waals surface area (Å²) in [6, 6.07) is 7.97. The number of halogens is 1. The molecule has 1 fully saturated rings. The minimum Gasteiger partial charge on any atom is -0.367 e. The minimum atomic E-state index is 0.743. The molecular weight excluding hydrogens is 326 g/mol. The van der Waals surface area contributed by atoms with Crippen LogP contribution in [0.4, 0.5) is 11.5 Å². The Kier molecular flexibility index (Phi) is 3.93. The first kappa shape index (κ1) is 15.1. The molecule has 2 aromatic heterocycles. The normalized spacial score (nSPS) is 15.2. The van der Waals surface area contributed by atoms with Crippen LogP contribution in [0.25, 0.3) is 11.2 Å². The van der Waals surface area contributed by atoms with E-state index in [1.807, 2.05) is 25.1 Å². The maximum Gasteiger partial charge on any atom is 0.183 e. The first-order valence-electron chi connectivity index (χ1n) is 8.06. The van der Waals surface area contributed by atoms with Crippen molar-refractivity contribution in [2.45, 2.75) is 13.5 Å². The van der Waals surface area contributed by atoms with Crippen LogP contribution in [0, 0.1) is 0 Å². The van der Waals surface area contributed by atoms with Gasteiger partial charge in [0.1, 0.15) is 6.33 Å². The molecule has 8 heteroatoms. The van der Waals surface area contributed by atoms with Crippen LogP contribution in [-0.4, -0.2) is 51.1 Å². The predicted molar refractivity (Wildman–Crippen MR) is 94.7 cm³/mol. The van der Waals surface area contributed by atoms with Crippen LogP contribution < -0.4 is 9.80 Å². The zero-order chi connectivity index (χ0) is 16.5. The summed E-state index contributed by atoms with van der Waals surface area (Å²) in [6.45, 7) is 6.26. The Morgan fingerprint density at radius 1 is 1.04 bits per heavy atom. The van der Waals surface area contributed by atoms with Crippen LogP contribution in [0.5, 0.6) is 0 Å². The molecule has 24 heavy (non-hydrogen) atoms. The van der Waals surface area contributed by atoms with E-state index in [1.54, 1.807) is 11.0 Å². The fourth-order valence-corrected chi connectivity index (χ4v) is 3.35. The Bertz CT molecular complexity index is 855. The summed E-state index contributed by atoms with van der Waals surface area (Å²) in [6.07, 6.45) is 1.59. The summed E-state index contributed by atoms with van der Waals surface area (Å²) in [4.78, 5) is 13.3. The number of hydrogen-bond acceptors (Lipinski definition) is 6.